The second kappa shape index (κ2) is 11.0. The number of carbonyl (C=O) groups excluding carboxylic acids is 1. The van der Waals surface area contributed by atoms with Gasteiger partial charge in [0.25, 0.3) is 0 Å². The van der Waals surface area contributed by atoms with Gasteiger partial charge in [0.2, 0.25) is 0 Å². The molecule has 3 saturated carbocycles. The van der Waals surface area contributed by atoms with Gasteiger partial charge in [-0.2, -0.15) is 0 Å². The summed E-state index contributed by atoms with van der Waals surface area (Å²) in [7, 11) is 1.54. The standard InChI is InChI=1S/C28H43NO3.ClH/c1-20-11-14-25-27(2,16-8-17-28(25,3)26(30)31-4)23(20)13-12-21-15-18-32-24(21)19-29-22-9-6-5-7-10-22;/h15,18,22-23,25,29H,1,5-14,16-17,19H2,2-4H3;1H/t23-,25?,27+,28-;/m0./s1. The lowest BCUT2D eigenvalue weighted by Crippen LogP contribution is -2.53. The van der Waals surface area contributed by atoms with Crippen LogP contribution in [-0.4, -0.2) is 19.1 Å². The van der Waals surface area contributed by atoms with Crippen LogP contribution < -0.4 is 5.32 Å². The van der Waals surface area contributed by atoms with Gasteiger partial charge in [0.1, 0.15) is 5.76 Å². The average Bonchev–Trinajstić information content (AvgIpc) is 3.24. The number of carbonyl (C=O) groups is 1. The maximum atomic E-state index is 12.8. The molecular formula is C28H44ClNO3. The highest BCUT2D eigenvalue weighted by atomic mass is 35.5. The van der Waals surface area contributed by atoms with Crippen LogP contribution in [-0.2, 0) is 22.5 Å². The van der Waals surface area contributed by atoms with E-state index in [0.717, 1.165) is 50.8 Å². The molecule has 0 aliphatic heterocycles. The molecular weight excluding hydrogens is 434 g/mol. The number of furan rings is 1. The van der Waals surface area contributed by atoms with Crippen molar-refractivity contribution in [1.82, 2.24) is 5.32 Å². The van der Waals surface area contributed by atoms with E-state index < -0.39 is 0 Å². The molecule has 0 saturated heterocycles. The summed E-state index contributed by atoms with van der Waals surface area (Å²) in [4.78, 5) is 12.8. The van der Waals surface area contributed by atoms with Crippen molar-refractivity contribution in [2.45, 2.75) is 103 Å². The Morgan fingerprint density at radius 3 is 2.67 bits per heavy atom. The van der Waals surface area contributed by atoms with Crippen LogP contribution in [0.15, 0.2) is 28.9 Å². The molecule has 0 bridgehead atoms. The summed E-state index contributed by atoms with van der Waals surface area (Å²) >= 11 is 0. The summed E-state index contributed by atoms with van der Waals surface area (Å²) in [6, 6.07) is 2.79. The fraction of sp³-hybridized carbons (Fsp3) is 0.750. The van der Waals surface area contributed by atoms with Crippen LogP contribution in [0.4, 0.5) is 0 Å². The Balaban J connectivity index is 0.00000306. The quantitative estimate of drug-likeness (QED) is 0.339. The molecule has 0 amide bonds. The van der Waals surface area contributed by atoms with E-state index >= 15 is 0 Å². The molecule has 1 aromatic heterocycles. The Labute approximate surface area is 206 Å². The van der Waals surface area contributed by atoms with Crippen molar-refractivity contribution in [3.05, 3.63) is 35.8 Å². The van der Waals surface area contributed by atoms with Crippen LogP contribution in [0.5, 0.6) is 0 Å². The number of esters is 1. The predicted molar refractivity (Wildman–Crippen MR) is 135 cm³/mol. The van der Waals surface area contributed by atoms with E-state index in [9.17, 15) is 4.79 Å². The number of hydrogen-bond donors (Lipinski definition) is 1. The predicted octanol–water partition coefficient (Wildman–Crippen LogP) is 7.01. The van der Waals surface area contributed by atoms with Crippen molar-refractivity contribution in [3.8, 4) is 0 Å². The second-order valence-electron chi connectivity index (χ2n) is 11.2. The first-order valence-corrected chi connectivity index (χ1v) is 12.9. The molecule has 33 heavy (non-hydrogen) atoms. The largest absolute Gasteiger partial charge is 0.469 e. The Morgan fingerprint density at radius 1 is 1.18 bits per heavy atom. The molecule has 1 heterocycles. The summed E-state index contributed by atoms with van der Waals surface area (Å²) in [5, 5.41) is 3.73. The molecule has 5 heteroatoms. The second-order valence-corrected chi connectivity index (χ2v) is 11.2. The molecule has 0 aromatic carbocycles. The van der Waals surface area contributed by atoms with Crippen molar-refractivity contribution in [2.24, 2.45) is 22.7 Å². The maximum absolute atomic E-state index is 12.8. The van der Waals surface area contributed by atoms with Crippen LogP contribution in [0.2, 0.25) is 0 Å². The number of rotatable bonds is 7. The average molecular weight is 478 g/mol. The normalized spacial score (nSPS) is 32.6. The van der Waals surface area contributed by atoms with Crippen molar-refractivity contribution in [1.29, 1.82) is 0 Å². The SMILES string of the molecule is C=C1CCC2[C@](C)(CCC[C@]2(C)C(=O)OC)[C@H]1CCc1ccoc1CNC1CCCCC1.Cl. The number of allylic oxidation sites excluding steroid dienone is 1. The minimum atomic E-state index is -0.370. The van der Waals surface area contributed by atoms with Gasteiger partial charge in [0.15, 0.2) is 0 Å². The van der Waals surface area contributed by atoms with Gasteiger partial charge in [-0.3, -0.25) is 4.79 Å². The van der Waals surface area contributed by atoms with Gasteiger partial charge in [-0.05, 0) is 87.2 Å². The molecule has 3 aliphatic carbocycles. The molecule has 3 aliphatic rings. The highest BCUT2D eigenvalue weighted by Gasteiger charge is 2.57. The Bertz CT molecular complexity index is 814. The number of aryl methyl sites for hydroxylation is 1. The Kier molecular flexibility index (Phi) is 8.77. The molecule has 0 spiro atoms. The van der Waals surface area contributed by atoms with Crippen molar-refractivity contribution >= 4 is 18.4 Å². The van der Waals surface area contributed by atoms with Crippen LogP contribution in [0.3, 0.4) is 0 Å². The minimum absolute atomic E-state index is 0. The lowest BCUT2D eigenvalue weighted by molar-refractivity contribution is -0.168. The molecule has 4 atom stereocenters. The Morgan fingerprint density at radius 2 is 1.94 bits per heavy atom. The van der Waals surface area contributed by atoms with Crippen LogP contribution in [0.25, 0.3) is 0 Å². The van der Waals surface area contributed by atoms with E-state index in [4.69, 9.17) is 9.15 Å². The number of methoxy groups -OCH3 is 1. The van der Waals surface area contributed by atoms with E-state index in [1.54, 1.807) is 7.11 Å². The fourth-order valence-corrected chi connectivity index (χ4v) is 7.55. The van der Waals surface area contributed by atoms with Gasteiger partial charge in [0.05, 0.1) is 25.3 Å². The van der Waals surface area contributed by atoms with Crippen LogP contribution in [0, 0.1) is 22.7 Å². The first-order valence-electron chi connectivity index (χ1n) is 12.9. The van der Waals surface area contributed by atoms with Crippen molar-refractivity contribution in [2.75, 3.05) is 7.11 Å². The third-order valence-electron chi connectivity index (χ3n) is 9.37. The van der Waals surface area contributed by atoms with Crippen LogP contribution in [0.1, 0.15) is 95.8 Å². The third-order valence-corrected chi connectivity index (χ3v) is 9.37. The van der Waals surface area contributed by atoms with Gasteiger partial charge in [-0.25, -0.2) is 0 Å². The molecule has 186 valence electrons. The van der Waals surface area contributed by atoms with Gasteiger partial charge >= 0.3 is 5.97 Å². The lowest BCUT2D eigenvalue weighted by Gasteiger charge is -2.57. The summed E-state index contributed by atoms with van der Waals surface area (Å²) in [6.07, 6.45) is 15.9. The number of nitrogens with one attached hydrogen (secondary N) is 1. The molecule has 4 nitrogen and oxygen atoms in total. The van der Waals surface area contributed by atoms with Gasteiger partial charge in [0, 0.05) is 6.04 Å². The highest BCUT2D eigenvalue weighted by molar-refractivity contribution is 5.85. The van der Waals surface area contributed by atoms with E-state index in [0.29, 0.717) is 17.9 Å². The zero-order valence-corrected chi connectivity index (χ0v) is 21.7. The zero-order chi connectivity index (χ0) is 22.8. The summed E-state index contributed by atoms with van der Waals surface area (Å²) in [6.45, 7) is 9.92. The van der Waals surface area contributed by atoms with E-state index in [1.807, 2.05) is 6.26 Å². The van der Waals surface area contributed by atoms with E-state index in [-0.39, 0.29) is 29.2 Å². The first kappa shape index (κ1) is 26.3. The zero-order valence-electron chi connectivity index (χ0n) is 20.9. The maximum Gasteiger partial charge on any atom is 0.311 e. The first-order chi connectivity index (χ1) is 15.4. The summed E-state index contributed by atoms with van der Waals surface area (Å²) < 4.78 is 11.2. The van der Waals surface area contributed by atoms with Crippen molar-refractivity contribution in [3.63, 3.8) is 0 Å². The van der Waals surface area contributed by atoms with E-state index in [2.05, 4.69) is 31.8 Å². The van der Waals surface area contributed by atoms with E-state index in [1.165, 1.54) is 49.7 Å². The van der Waals surface area contributed by atoms with Gasteiger partial charge < -0.3 is 14.5 Å². The Hall–Kier alpha value is -1.26. The van der Waals surface area contributed by atoms with Crippen LogP contribution >= 0.6 is 12.4 Å². The molecule has 3 fully saturated rings. The monoisotopic (exact) mass is 477 g/mol. The van der Waals surface area contributed by atoms with Crippen molar-refractivity contribution < 1.29 is 13.9 Å². The number of hydrogen-bond acceptors (Lipinski definition) is 4. The molecule has 1 unspecified atom stereocenters. The number of fused-ring (bicyclic) bond motifs is 1. The summed E-state index contributed by atoms with van der Waals surface area (Å²) in [5.41, 5.74) is 2.45. The molecule has 4 rings (SSSR count). The summed E-state index contributed by atoms with van der Waals surface area (Å²) in [5.74, 6) is 1.88. The smallest absolute Gasteiger partial charge is 0.311 e. The highest BCUT2D eigenvalue weighted by Crippen LogP contribution is 2.62. The lowest BCUT2D eigenvalue weighted by atomic mass is 9.46. The number of halogens is 1. The topological polar surface area (TPSA) is 51.5 Å². The van der Waals surface area contributed by atoms with Gasteiger partial charge in [-0.15, -0.1) is 12.4 Å². The number of ether oxygens (including phenoxy) is 1. The molecule has 0 radical (unpaired) electrons. The minimum Gasteiger partial charge on any atom is -0.469 e. The molecule has 1 N–H and O–H groups in total. The third kappa shape index (κ3) is 5.22. The fourth-order valence-electron chi connectivity index (χ4n) is 7.55. The van der Waals surface area contributed by atoms with Gasteiger partial charge in [-0.1, -0.05) is 44.8 Å². The molecule has 1 aromatic rings.